The minimum atomic E-state index is -0.547. The number of halogens is 1. The molecule has 1 N–H and O–H groups in total. The highest BCUT2D eigenvalue weighted by atomic mass is 19.1. The molecule has 0 bridgehead atoms. The first kappa shape index (κ1) is 10.0. The highest BCUT2D eigenvalue weighted by molar-refractivity contribution is 5.45. The van der Waals surface area contributed by atoms with Crippen molar-refractivity contribution in [3.8, 4) is 5.75 Å². The Kier molecular flexibility index (Phi) is 2.36. The highest BCUT2D eigenvalue weighted by Crippen LogP contribution is 2.33. The van der Waals surface area contributed by atoms with E-state index in [1.165, 1.54) is 12.4 Å². The molecule has 17 heavy (non-hydrogen) atoms. The molecule has 1 atom stereocenters. The van der Waals surface area contributed by atoms with Gasteiger partial charge >= 0.3 is 0 Å². The lowest BCUT2D eigenvalue weighted by Crippen LogP contribution is -2.13. The average Bonchev–Trinajstić information content (AvgIpc) is 2.73. The Morgan fingerprint density at radius 2 is 2.18 bits per heavy atom. The summed E-state index contributed by atoms with van der Waals surface area (Å²) in [4.78, 5) is 7.37. The number of hydrogen-bond donors (Lipinski definition) is 1. The second-order valence-corrected chi connectivity index (χ2v) is 3.77. The van der Waals surface area contributed by atoms with Crippen LogP contribution < -0.4 is 10.1 Å². The van der Waals surface area contributed by atoms with Crippen LogP contribution in [0.1, 0.15) is 11.6 Å². The molecule has 0 saturated carbocycles. The molecule has 2 aromatic rings. The van der Waals surface area contributed by atoms with Crippen LogP contribution in [0.5, 0.6) is 5.75 Å². The quantitative estimate of drug-likeness (QED) is 0.804. The maximum absolute atomic E-state index is 12.9. The van der Waals surface area contributed by atoms with E-state index in [-0.39, 0.29) is 6.04 Å². The zero-order chi connectivity index (χ0) is 11.7. The number of rotatable bonds is 2. The Morgan fingerprint density at radius 3 is 3.06 bits per heavy atom. The third kappa shape index (κ3) is 1.91. The molecular weight excluding hydrogens is 221 g/mol. The second kappa shape index (κ2) is 4.01. The Hall–Kier alpha value is -2.17. The summed E-state index contributed by atoms with van der Waals surface area (Å²) in [7, 11) is 0. The maximum Gasteiger partial charge on any atom is 0.217 e. The Bertz CT molecular complexity index is 547. The highest BCUT2D eigenvalue weighted by Gasteiger charge is 2.23. The number of nitrogens with zero attached hydrogens (tertiary/aromatic N) is 2. The molecule has 0 radical (unpaired) electrons. The van der Waals surface area contributed by atoms with Gasteiger partial charge in [-0.3, -0.25) is 0 Å². The van der Waals surface area contributed by atoms with E-state index < -0.39 is 5.95 Å². The van der Waals surface area contributed by atoms with Crippen molar-refractivity contribution < 1.29 is 9.13 Å². The van der Waals surface area contributed by atoms with E-state index >= 15 is 0 Å². The number of para-hydroxylation sites is 1. The Morgan fingerprint density at radius 1 is 1.29 bits per heavy atom. The predicted molar refractivity (Wildman–Crippen MR) is 60.3 cm³/mol. The van der Waals surface area contributed by atoms with Crippen LogP contribution in [0, 0.1) is 5.95 Å². The fraction of sp³-hybridized carbons (Fsp3) is 0.167. The van der Waals surface area contributed by atoms with Crippen LogP contribution in [0.15, 0.2) is 36.7 Å². The number of fused-ring (bicyclic) bond motifs is 1. The van der Waals surface area contributed by atoms with Crippen molar-refractivity contribution in [1.29, 1.82) is 0 Å². The van der Waals surface area contributed by atoms with Crippen molar-refractivity contribution in [2.75, 3.05) is 11.9 Å². The molecule has 1 aliphatic heterocycles. The SMILES string of the molecule is Fc1cc(NC2COc3ccccc32)ncn1. The molecule has 86 valence electrons. The number of benzene rings is 1. The third-order valence-corrected chi connectivity index (χ3v) is 2.66. The van der Waals surface area contributed by atoms with E-state index in [0.29, 0.717) is 12.4 Å². The largest absolute Gasteiger partial charge is 0.491 e. The molecule has 4 nitrogen and oxygen atoms in total. The number of nitrogens with one attached hydrogen (secondary N) is 1. The van der Waals surface area contributed by atoms with E-state index in [0.717, 1.165) is 11.3 Å². The van der Waals surface area contributed by atoms with E-state index in [1.54, 1.807) is 0 Å². The zero-order valence-electron chi connectivity index (χ0n) is 8.93. The predicted octanol–water partition coefficient (Wildman–Crippen LogP) is 2.16. The van der Waals surface area contributed by atoms with Crippen LogP contribution >= 0.6 is 0 Å². The van der Waals surface area contributed by atoms with E-state index in [1.807, 2.05) is 24.3 Å². The van der Waals surface area contributed by atoms with E-state index in [2.05, 4.69) is 15.3 Å². The van der Waals surface area contributed by atoms with Crippen LogP contribution in [0.3, 0.4) is 0 Å². The summed E-state index contributed by atoms with van der Waals surface area (Å²) in [6.07, 6.45) is 1.19. The molecule has 1 aliphatic rings. The van der Waals surface area contributed by atoms with Crippen molar-refractivity contribution >= 4 is 5.82 Å². The van der Waals surface area contributed by atoms with Crippen molar-refractivity contribution in [2.45, 2.75) is 6.04 Å². The molecule has 5 heteroatoms. The molecule has 1 unspecified atom stereocenters. The van der Waals surface area contributed by atoms with Gasteiger partial charge in [0, 0.05) is 11.6 Å². The van der Waals surface area contributed by atoms with E-state index in [9.17, 15) is 4.39 Å². The summed E-state index contributed by atoms with van der Waals surface area (Å²) < 4.78 is 18.4. The summed E-state index contributed by atoms with van der Waals surface area (Å²) in [6, 6.07) is 9.03. The van der Waals surface area contributed by atoms with Crippen LogP contribution in [0.25, 0.3) is 0 Å². The van der Waals surface area contributed by atoms with Crippen molar-refractivity contribution in [3.05, 3.63) is 48.2 Å². The topological polar surface area (TPSA) is 47.0 Å². The molecule has 2 heterocycles. The average molecular weight is 231 g/mol. The van der Waals surface area contributed by atoms with Crippen LogP contribution in [-0.4, -0.2) is 16.6 Å². The first-order chi connectivity index (χ1) is 8.33. The van der Waals surface area contributed by atoms with Crippen LogP contribution in [0.2, 0.25) is 0 Å². The van der Waals surface area contributed by atoms with Crippen LogP contribution in [0.4, 0.5) is 10.2 Å². The Balaban J connectivity index is 1.84. The summed E-state index contributed by atoms with van der Waals surface area (Å²) in [6.45, 7) is 0.519. The van der Waals surface area contributed by atoms with Crippen LogP contribution in [-0.2, 0) is 0 Å². The standard InChI is InChI=1S/C12H10FN3O/c13-11-5-12(15-7-14-11)16-9-6-17-10-4-2-1-3-8(9)10/h1-5,7,9H,6H2,(H,14,15,16). The molecule has 0 aliphatic carbocycles. The molecule has 1 aromatic carbocycles. The van der Waals surface area contributed by atoms with Gasteiger partial charge in [-0.05, 0) is 6.07 Å². The smallest absolute Gasteiger partial charge is 0.217 e. The molecule has 1 aromatic heterocycles. The first-order valence-electron chi connectivity index (χ1n) is 5.29. The van der Waals surface area contributed by atoms with Gasteiger partial charge in [0.1, 0.15) is 24.5 Å². The number of ether oxygens (including phenoxy) is 1. The number of hydrogen-bond acceptors (Lipinski definition) is 4. The molecule has 0 amide bonds. The monoisotopic (exact) mass is 231 g/mol. The molecule has 3 rings (SSSR count). The molecule has 0 spiro atoms. The minimum Gasteiger partial charge on any atom is -0.491 e. The van der Waals surface area contributed by atoms with Gasteiger partial charge in [0.2, 0.25) is 5.95 Å². The summed E-state index contributed by atoms with van der Waals surface area (Å²) in [5, 5.41) is 3.12. The maximum atomic E-state index is 12.9. The fourth-order valence-corrected chi connectivity index (χ4v) is 1.87. The Labute approximate surface area is 97.5 Å². The molecule has 0 saturated heterocycles. The van der Waals surface area contributed by atoms with Gasteiger partial charge in [-0.2, -0.15) is 4.39 Å². The number of anilines is 1. The van der Waals surface area contributed by atoms with Gasteiger partial charge in [0.15, 0.2) is 0 Å². The summed E-state index contributed by atoms with van der Waals surface area (Å²) in [5.41, 5.74) is 1.06. The minimum absolute atomic E-state index is 0.000463. The first-order valence-corrected chi connectivity index (χ1v) is 5.29. The van der Waals surface area contributed by atoms with Crippen molar-refractivity contribution in [3.63, 3.8) is 0 Å². The summed E-state index contributed by atoms with van der Waals surface area (Å²) >= 11 is 0. The van der Waals surface area contributed by atoms with E-state index in [4.69, 9.17) is 4.74 Å². The zero-order valence-corrected chi connectivity index (χ0v) is 8.93. The molecular formula is C12H10FN3O. The van der Waals surface area contributed by atoms with Gasteiger partial charge in [0.05, 0.1) is 6.04 Å². The number of aromatic nitrogens is 2. The second-order valence-electron chi connectivity index (χ2n) is 3.77. The van der Waals surface area contributed by atoms with Gasteiger partial charge in [0.25, 0.3) is 0 Å². The summed E-state index contributed by atoms with van der Waals surface area (Å²) in [5.74, 6) is 0.775. The van der Waals surface area contributed by atoms with Crippen molar-refractivity contribution in [1.82, 2.24) is 9.97 Å². The lowest BCUT2D eigenvalue weighted by molar-refractivity contribution is 0.339. The third-order valence-electron chi connectivity index (χ3n) is 2.66. The van der Waals surface area contributed by atoms with Gasteiger partial charge in [-0.25, -0.2) is 9.97 Å². The van der Waals surface area contributed by atoms with Gasteiger partial charge in [-0.15, -0.1) is 0 Å². The lowest BCUT2D eigenvalue weighted by atomic mass is 10.1. The normalized spacial score (nSPS) is 17.4. The van der Waals surface area contributed by atoms with Gasteiger partial charge < -0.3 is 10.1 Å². The molecule has 0 fully saturated rings. The fourth-order valence-electron chi connectivity index (χ4n) is 1.87. The van der Waals surface area contributed by atoms with Crippen molar-refractivity contribution in [2.24, 2.45) is 0 Å². The van der Waals surface area contributed by atoms with Gasteiger partial charge in [-0.1, -0.05) is 18.2 Å². The lowest BCUT2D eigenvalue weighted by Gasteiger charge is -2.11.